The van der Waals surface area contributed by atoms with Crippen molar-refractivity contribution in [1.82, 2.24) is 20.3 Å². The number of anilines is 1. The molecular weight excluding hydrogens is 500 g/mol. The second-order valence-electron chi connectivity index (χ2n) is 7.68. The van der Waals surface area contributed by atoms with Crippen LogP contribution >= 0.6 is 11.3 Å². The number of nitrogens with zero attached hydrogens (tertiary/aromatic N) is 3. The molecule has 4 aromatic rings. The summed E-state index contributed by atoms with van der Waals surface area (Å²) in [5, 5.41) is 2.20. The fraction of sp³-hybridized carbons (Fsp3) is 0.286. The summed E-state index contributed by atoms with van der Waals surface area (Å²) < 4.78 is 97.3. The Morgan fingerprint density at radius 1 is 1.11 bits per heavy atom. The van der Waals surface area contributed by atoms with Crippen LogP contribution in [0.4, 0.5) is 31.5 Å². The van der Waals surface area contributed by atoms with Crippen LogP contribution in [0.15, 0.2) is 18.2 Å². The summed E-state index contributed by atoms with van der Waals surface area (Å²) in [7, 11) is 1.17. The Morgan fingerprint density at radius 2 is 1.89 bits per heavy atom. The van der Waals surface area contributed by atoms with Gasteiger partial charge < -0.3 is 20.5 Å². The van der Waals surface area contributed by atoms with E-state index in [1.165, 1.54) is 7.11 Å². The van der Waals surface area contributed by atoms with Gasteiger partial charge in [0.2, 0.25) is 5.88 Å². The molecule has 35 heavy (non-hydrogen) atoms. The number of thiazole rings is 1. The number of methoxy groups -OCH3 is 1. The number of nitrogens with two attached hydrogens (primary N) is 1. The minimum Gasteiger partial charge on any atom is -0.469 e. The van der Waals surface area contributed by atoms with Gasteiger partial charge in [0.25, 0.3) is 0 Å². The van der Waals surface area contributed by atoms with Crippen LogP contribution in [0.1, 0.15) is 5.56 Å². The normalized spacial score (nSPS) is 18.5. The molecule has 0 unspecified atom stereocenters. The van der Waals surface area contributed by atoms with Crippen molar-refractivity contribution in [2.45, 2.75) is 18.5 Å². The monoisotopic (exact) mass is 515 g/mol. The summed E-state index contributed by atoms with van der Waals surface area (Å²) in [6.07, 6.45) is -7.58. The number of alkyl halides is 4. The van der Waals surface area contributed by atoms with Crippen LogP contribution < -0.4 is 20.5 Å². The second kappa shape index (κ2) is 8.37. The molecule has 184 valence electrons. The van der Waals surface area contributed by atoms with Gasteiger partial charge in [-0.15, -0.1) is 0 Å². The molecule has 0 radical (unpaired) electrons. The number of halogens is 6. The number of aromatic nitrogens is 3. The molecule has 1 saturated heterocycles. The van der Waals surface area contributed by atoms with Gasteiger partial charge in [-0.3, -0.25) is 0 Å². The summed E-state index contributed by atoms with van der Waals surface area (Å²) in [6, 6.07) is 2.11. The first-order valence-electron chi connectivity index (χ1n) is 10.1. The molecule has 1 fully saturated rings. The zero-order chi connectivity index (χ0) is 25.1. The standard InChI is InChI=1S/C21H15F6N5O2S/c1-33-20-31-15-8(18(32-20)34-12-6-29-5-11(12)23)4-9(21(25,26)27)13(14(15)24)7-2-3-10(22)17-16(7)30-19(28)35-17/h2-4,11-12,29H,5-6H2,1H3,(H2,28,30)/t11-,12-/m0/s1. The zero-order valence-electron chi connectivity index (χ0n) is 17.7. The van der Waals surface area contributed by atoms with Gasteiger partial charge in [-0.25, -0.2) is 18.2 Å². The van der Waals surface area contributed by atoms with Crippen LogP contribution in [-0.4, -0.2) is 47.4 Å². The molecule has 0 saturated carbocycles. The van der Waals surface area contributed by atoms with Crippen molar-refractivity contribution in [2.24, 2.45) is 0 Å². The third-order valence-corrected chi connectivity index (χ3v) is 6.39. The predicted molar refractivity (Wildman–Crippen MR) is 116 cm³/mol. The second-order valence-corrected chi connectivity index (χ2v) is 8.71. The van der Waals surface area contributed by atoms with Gasteiger partial charge in [-0.1, -0.05) is 11.3 Å². The first-order chi connectivity index (χ1) is 16.6. The summed E-state index contributed by atoms with van der Waals surface area (Å²) >= 11 is 0.718. The van der Waals surface area contributed by atoms with Crippen LogP contribution in [0.5, 0.6) is 11.9 Å². The van der Waals surface area contributed by atoms with E-state index in [1.54, 1.807) is 0 Å². The van der Waals surface area contributed by atoms with Gasteiger partial charge in [0.05, 0.1) is 28.3 Å². The molecule has 1 aliphatic rings. The van der Waals surface area contributed by atoms with Crippen LogP contribution in [0.2, 0.25) is 0 Å². The van der Waals surface area contributed by atoms with Gasteiger partial charge in [0.15, 0.2) is 17.1 Å². The molecule has 3 heterocycles. The van der Waals surface area contributed by atoms with Crippen molar-refractivity contribution in [3.63, 3.8) is 0 Å². The molecule has 14 heteroatoms. The average Bonchev–Trinajstić information content (AvgIpc) is 3.39. The Hall–Kier alpha value is -3.39. The number of benzene rings is 2. The van der Waals surface area contributed by atoms with Crippen LogP contribution in [0.25, 0.3) is 32.2 Å². The van der Waals surface area contributed by atoms with Crippen molar-refractivity contribution in [2.75, 3.05) is 25.9 Å². The van der Waals surface area contributed by atoms with E-state index in [0.717, 1.165) is 23.5 Å². The highest BCUT2D eigenvalue weighted by atomic mass is 32.1. The molecule has 3 N–H and O–H groups in total. The largest absolute Gasteiger partial charge is 0.469 e. The molecule has 2 aromatic carbocycles. The lowest BCUT2D eigenvalue weighted by Gasteiger charge is -2.19. The van der Waals surface area contributed by atoms with Crippen LogP contribution in [0.3, 0.4) is 0 Å². The first-order valence-corrected chi connectivity index (χ1v) is 10.9. The predicted octanol–water partition coefficient (Wildman–Crippen LogP) is 4.48. The summed E-state index contributed by atoms with van der Waals surface area (Å²) in [4.78, 5) is 11.7. The molecule has 0 spiro atoms. The Kier molecular flexibility index (Phi) is 5.59. The third-order valence-electron chi connectivity index (χ3n) is 5.50. The molecule has 7 nitrogen and oxygen atoms in total. The number of fused-ring (bicyclic) bond motifs is 2. The van der Waals surface area contributed by atoms with Crippen molar-refractivity contribution in [3.8, 4) is 23.0 Å². The third kappa shape index (κ3) is 3.95. The Bertz CT molecular complexity index is 1460. The summed E-state index contributed by atoms with van der Waals surface area (Å²) in [5.74, 6) is -2.62. The molecule has 2 aromatic heterocycles. The van der Waals surface area contributed by atoms with Gasteiger partial charge in [-0.05, 0) is 18.2 Å². The van der Waals surface area contributed by atoms with E-state index in [9.17, 15) is 22.0 Å². The Morgan fingerprint density at radius 3 is 2.54 bits per heavy atom. The van der Waals surface area contributed by atoms with Gasteiger partial charge >= 0.3 is 12.2 Å². The van der Waals surface area contributed by atoms with Crippen molar-refractivity contribution in [3.05, 3.63) is 35.4 Å². The van der Waals surface area contributed by atoms with E-state index in [0.29, 0.717) is 6.07 Å². The van der Waals surface area contributed by atoms with Crippen LogP contribution in [-0.2, 0) is 6.18 Å². The lowest BCUT2D eigenvalue weighted by Crippen LogP contribution is -2.27. The molecule has 0 aliphatic carbocycles. The molecular formula is C21H15F6N5O2S. The Labute approximate surface area is 196 Å². The number of ether oxygens (including phenoxy) is 2. The van der Waals surface area contributed by atoms with E-state index >= 15 is 4.39 Å². The highest BCUT2D eigenvalue weighted by Gasteiger charge is 2.39. The minimum atomic E-state index is -5.05. The smallest absolute Gasteiger partial charge is 0.417 e. The SMILES string of the molecule is COc1nc(O[C@H]2CNC[C@@H]2F)c2cc(C(F)(F)F)c(-c3ccc(F)c4sc(N)nc34)c(F)c2n1. The van der Waals surface area contributed by atoms with E-state index in [-0.39, 0.29) is 34.0 Å². The highest BCUT2D eigenvalue weighted by molar-refractivity contribution is 7.22. The van der Waals surface area contributed by atoms with Crippen molar-refractivity contribution in [1.29, 1.82) is 0 Å². The Balaban J connectivity index is 1.83. The molecule has 0 amide bonds. The molecule has 0 bridgehead atoms. The van der Waals surface area contributed by atoms with E-state index < -0.39 is 64.0 Å². The summed E-state index contributed by atoms with van der Waals surface area (Å²) in [6.45, 7) is 0.0505. The minimum absolute atomic E-state index is 0.0194. The summed E-state index contributed by atoms with van der Waals surface area (Å²) in [5.41, 5.74) is 2.22. The zero-order valence-corrected chi connectivity index (χ0v) is 18.5. The van der Waals surface area contributed by atoms with E-state index in [1.807, 2.05) is 0 Å². The average molecular weight is 515 g/mol. The fourth-order valence-electron chi connectivity index (χ4n) is 3.92. The van der Waals surface area contributed by atoms with Crippen molar-refractivity contribution >= 4 is 37.6 Å². The number of rotatable bonds is 4. The lowest BCUT2D eigenvalue weighted by atomic mass is 9.95. The molecule has 2 atom stereocenters. The molecule has 1 aliphatic heterocycles. The van der Waals surface area contributed by atoms with Crippen LogP contribution in [0, 0.1) is 11.6 Å². The van der Waals surface area contributed by atoms with Gasteiger partial charge in [0, 0.05) is 24.2 Å². The fourth-order valence-corrected chi connectivity index (χ4v) is 4.69. The highest BCUT2D eigenvalue weighted by Crippen LogP contribution is 2.46. The maximum Gasteiger partial charge on any atom is 0.417 e. The van der Waals surface area contributed by atoms with Gasteiger partial charge in [0.1, 0.15) is 17.4 Å². The number of hydrogen-bond acceptors (Lipinski definition) is 8. The maximum atomic E-state index is 15.9. The maximum absolute atomic E-state index is 15.9. The topological polar surface area (TPSA) is 95.2 Å². The number of hydrogen-bond donors (Lipinski definition) is 2. The van der Waals surface area contributed by atoms with Gasteiger partial charge in [-0.2, -0.15) is 23.1 Å². The molecule has 5 rings (SSSR count). The first kappa shape index (κ1) is 23.4. The van der Waals surface area contributed by atoms with E-state index in [2.05, 4.69) is 20.3 Å². The van der Waals surface area contributed by atoms with Crippen molar-refractivity contribution < 1.29 is 35.8 Å². The number of nitrogens with one attached hydrogen (secondary N) is 1. The quantitative estimate of drug-likeness (QED) is 0.387. The lowest BCUT2D eigenvalue weighted by molar-refractivity contribution is -0.137. The number of nitrogen functional groups attached to an aromatic ring is 1. The van der Waals surface area contributed by atoms with E-state index in [4.69, 9.17) is 15.2 Å².